The Morgan fingerprint density at radius 3 is 2.89 bits per heavy atom. The van der Waals surface area contributed by atoms with E-state index in [2.05, 4.69) is 26.2 Å². The summed E-state index contributed by atoms with van der Waals surface area (Å²) in [5, 5.41) is 11.9. The second-order valence-corrected chi connectivity index (χ2v) is 4.74. The van der Waals surface area contributed by atoms with E-state index in [0.717, 1.165) is 10.0 Å². The molecular weight excluding hydrogens is 298 g/mol. The van der Waals surface area contributed by atoms with Crippen molar-refractivity contribution >= 4 is 27.4 Å². The number of nitrogens with zero attached hydrogens (tertiary/aromatic N) is 2. The molecule has 0 amide bonds. The topological polar surface area (TPSA) is 67.2 Å². The number of aliphatic hydroxyl groups is 1. The second-order valence-electron chi connectivity index (χ2n) is 3.82. The Kier molecular flexibility index (Phi) is 3.78. The lowest BCUT2D eigenvalue weighted by Gasteiger charge is -2.07. The number of nitrogens with one attached hydrogen (secondary N) is 1. The van der Waals surface area contributed by atoms with E-state index in [4.69, 9.17) is 5.11 Å². The van der Waals surface area contributed by atoms with E-state index >= 15 is 0 Å². The van der Waals surface area contributed by atoms with Crippen molar-refractivity contribution in [3.63, 3.8) is 0 Å². The van der Waals surface area contributed by atoms with Crippen molar-refractivity contribution in [1.82, 2.24) is 9.55 Å². The second kappa shape index (κ2) is 5.32. The van der Waals surface area contributed by atoms with Gasteiger partial charge in [0.1, 0.15) is 11.5 Å². The Bertz CT molecular complexity index is 608. The minimum absolute atomic E-state index is 0.0497. The summed E-state index contributed by atoms with van der Waals surface area (Å²) in [6.07, 6.45) is 3.25. The number of hydrogen-bond acceptors (Lipinski definition) is 4. The van der Waals surface area contributed by atoms with Gasteiger partial charge in [0.15, 0.2) is 0 Å². The first-order valence-electron chi connectivity index (χ1n) is 5.29. The number of rotatable bonds is 3. The van der Waals surface area contributed by atoms with Crippen LogP contribution in [0.4, 0.5) is 11.5 Å². The number of aryl methyl sites for hydroxylation is 1. The first kappa shape index (κ1) is 12.8. The number of aromatic nitrogens is 2. The highest BCUT2D eigenvalue weighted by Gasteiger charge is 2.04. The van der Waals surface area contributed by atoms with E-state index in [-0.39, 0.29) is 12.2 Å². The van der Waals surface area contributed by atoms with E-state index in [1.807, 2.05) is 0 Å². The maximum Gasteiger partial charge on any atom is 0.274 e. The van der Waals surface area contributed by atoms with Crippen LogP contribution in [0.25, 0.3) is 0 Å². The highest BCUT2D eigenvalue weighted by Crippen LogP contribution is 2.15. The predicted molar refractivity (Wildman–Crippen MR) is 72.8 cm³/mol. The lowest BCUT2D eigenvalue weighted by atomic mass is 10.3. The summed E-state index contributed by atoms with van der Waals surface area (Å²) in [5.74, 6) is 0.558. The van der Waals surface area contributed by atoms with Gasteiger partial charge in [-0.15, -0.1) is 0 Å². The van der Waals surface area contributed by atoms with Gasteiger partial charge in [0.25, 0.3) is 5.56 Å². The van der Waals surface area contributed by atoms with Crippen LogP contribution in [0.2, 0.25) is 0 Å². The molecule has 6 heteroatoms. The SMILES string of the molecule is Cn1cc(Br)cc(Nc2ccc(CO)cn2)c1=O. The lowest BCUT2D eigenvalue weighted by Crippen LogP contribution is -2.19. The number of anilines is 2. The predicted octanol–water partition coefficient (Wildman–Crippen LogP) is 1.78. The van der Waals surface area contributed by atoms with Crippen LogP contribution in [-0.2, 0) is 13.7 Å². The monoisotopic (exact) mass is 309 g/mol. The Hall–Kier alpha value is -1.66. The molecule has 2 aromatic heterocycles. The van der Waals surface area contributed by atoms with Crippen molar-refractivity contribution in [2.75, 3.05) is 5.32 Å². The smallest absolute Gasteiger partial charge is 0.274 e. The Balaban J connectivity index is 2.31. The quantitative estimate of drug-likeness (QED) is 0.907. The van der Waals surface area contributed by atoms with E-state index < -0.39 is 0 Å². The first-order valence-corrected chi connectivity index (χ1v) is 6.08. The molecule has 0 aliphatic heterocycles. The fraction of sp³-hybridized carbons (Fsp3) is 0.167. The summed E-state index contributed by atoms with van der Waals surface area (Å²) >= 11 is 3.33. The molecule has 2 heterocycles. The Morgan fingerprint density at radius 1 is 1.50 bits per heavy atom. The molecule has 0 radical (unpaired) electrons. The molecule has 0 aliphatic carbocycles. The van der Waals surface area contributed by atoms with Gasteiger partial charge in [0, 0.05) is 23.9 Å². The molecule has 0 unspecified atom stereocenters. The van der Waals surface area contributed by atoms with E-state index in [1.165, 1.54) is 4.57 Å². The van der Waals surface area contributed by atoms with Crippen molar-refractivity contribution < 1.29 is 5.11 Å². The zero-order chi connectivity index (χ0) is 13.1. The van der Waals surface area contributed by atoms with Gasteiger partial charge in [0.05, 0.1) is 6.61 Å². The van der Waals surface area contributed by atoms with Gasteiger partial charge in [-0.1, -0.05) is 6.07 Å². The number of halogens is 1. The summed E-state index contributed by atoms with van der Waals surface area (Å²) < 4.78 is 2.29. The molecule has 0 aliphatic rings. The summed E-state index contributed by atoms with van der Waals surface area (Å²) in [7, 11) is 1.68. The van der Waals surface area contributed by atoms with Gasteiger partial charge in [-0.3, -0.25) is 4.79 Å². The molecule has 18 heavy (non-hydrogen) atoms. The molecule has 5 nitrogen and oxygen atoms in total. The number of pyridine rings is 2. The van der Waals surface area contributed by atoms with Gasteiger partial charge in [-0.25, -0.2) is 4.98 Å². The van der Waals surface area contributed by atoms with Crippen LogP contribution in [0.1, 0.15) is 5.56 Å². The van der Waals surface area contributed by atoms with Crippen LogP contribution in [0.3, 0.4) is 0 Å². The molecular formula is C12H12BrN3O2. The average Bonchev–Trinajstić information content (AvgIpc) is 2.36. The van der Waals surface area contributed by atoms with Crippen LogP contribution in [-0.4, -0.2) is 14.7 Å². The molecule has 0 saturated heterocycles. The van der Waals surface area contributed by atoms with E-state index in [1.54, 1.807) is 37.6 Å². The zero-order valence-electron chi connectivity index (χ0n) is 9.72. The van der Waals surface area contributed by atoms with Crippen LogP contribution in [0, 0.1) is 0 Å². The third-order valence-electron chi connectivity index (χ3n) is 2.42. The largest absolute Gasteiger partial charge is 0.392 e. The lowest BCUT2D eigenvalue weighted by molar-refractivity contribution is 0.281. The van der Waals surface area contributed by atoms with Gasteiger partial charge in [0.2, 0.25) is 0 Å². The van der Waals surface area contributed by atoms with Crippen LogP contribution < -0.4 is 10.9 Å². The Morgan fingerprint density at radius 2 is 2.28 bits per heavy atom. The van der Waals surface area contributed by atoms with Crippen LogP contribution in [0.5, 0.6) is 0 Å². The number of aliphatic hydroxyl groups excluding tert-OH is 1. The van der Waals surface area contributed by atoms with Gasteiger partial charge >= 0.3 is 0 Å². The third-order valence-corrected chi connectivity index (χ3v) is 2.85. The molecule has 0 atom stereocenters. The molecule has 0 spiro atoms. The number of hydrogen-bond donors (Lipinski definition) is 2. The minimum atomic E-state index is -0.133. The van der Waals surface area contributed by atoms with Crippen LogP contribution in [0.15, 0.2) is 39.9 Å². The molecule has 2 N–H and O–H groups in total. The highest BCUT2D eigenvalue weighted by atomic mass is 79.9. The Labute approximate surface area is 112 Å². The molecule has 94 valence electrons. The summed E-state index contributed by atoms with van der Waals surface area (Å²) in [6, 6.07) is 5.16. The standard InChI is InChI=1S/C12H12BrN3O2/c1-16-6-9(13)4-10(12(16)18)15-11-3-2-8(7-17)5-14-11/h2-6,17H,7H2,1H3,(H,14,15). The minimum Gasteiger partial charge on any atom is -0.392 e. The maximum absolute atomic E-state index is 11.9. The van der Waals surface area contributed by atoms with E-state index in [9.17, 15) is 4.79 Å². The van der Waals surface area contributed by atoms with Crippen molar-refractivity contribution in [3.05, 3.63) is 51.0 Å². The van der Waals surface area contributed by atoms with Gasteiger partial charge < -0.3 is 15.0 Å². The zero-order valence-corrected chi connectivity index (χ0v) is 11.3. The van der Waals surface area contributed by atoms with Crippen molar-refractivity contribution in [3.8, 4) is 0 Å². The third kappa shape index (κ3) is 2.77. The molecule has 0 saturated carbocycles. The fourth-order valence-electron chi connectivity index (χ4n) is 1.49. The van der Waals surface area contributed by atoms with Crippen molar-refractivity contribution in [2.45, 2.75) is 6.61 Å². The van der Waals surface area contributed by atoms with E-state index in [0.29, 0.717) is 11.5 Å². The summed E-state index contributed by atoms with van der Waals surface area (Å²) in [6.45, 7) is -0.0497. The summed E-state index contributed by atoms with van der Waals surface area (Å²) in [5.41, 5.74) is 1.03. The van der Waals surface area contributed by atoms with Crippen LogP contribution >= 0.6 is 15.9 Å². The molecule has 2 rings (SSSR count). The summed E-state index contributed by atoms with van der Waals surface area (Å²) in [4.78, 5) is 16.0. The van der Waals surface area contributed by atoms with Crippen molar-refractivity contribution in [1.29, 1.82) is 0 Å². The molecule has 2 aromatic rings. The fourth-order valence-corrected chi connectivity index (χ4v) is 2.03. The maximum atomic E-state index is 11.9. The molecule has 0 aromatic carbocycles. The highest BCUT2D eigenvalue weighted by molar-refractivity contribution is 9.10. The van der Waals surface area contributed by atoms with Gasteiger partial charge in [-0.05, 0) is 33.6 Å². The average molecular weight is 310 g/mol. The molecule has 0 bridgehead atoms. The van der Waals surface area contributed by atoms with Crippen molar-refractivity contribution in [2.24, 2.45) is 7.05 Å². The molecule has 0 fully saturated rings. The van der Waals surface area contributed by atoms with Gasteiger partial charge in [-0.2, -0.15) is 0 Å². The first-order chi connectivity index (χ1) is 8.60. The normalized spacial score (nSPS) is 10.4.